The van der Waals surface area contributed by atoms with E-state index in [0.29, 0.717) is 17.2 Å². The van der Waals surface area contributed by atoms with Crippen molar-refractivity contribution < 1.29 is 13.9 Å². The number of rotatable bonds is 5. The fourth-order valence-corrected chi connectivity index (χ4v) is 3.71. The summed E-state index contributed by atoms with van der Waals surface area (Å²) in [5, 5.41) is 0. The lowest BCUT2D eigenvalue weighted by atomic mass is 10.0. The minimum Gasteiger partial charge on any atom is -0.439 e. The van der Waals surface area contributed by atoms with Crippen molar-refractivity contribution in [3.05, 3.63) is 84.3 Å². The standard InChI is InChI=1S/C24H24FN3O2/c1-27(20-13-15-28(16-14-20)21-10-8-19(25)9-11-21)24(29)18-7-12-23(26-17-18)30-22-5-3-2-4-6-22/h2-12,17,20H,13-16H2,1H3. The van der Waals surface area contributed by atoms with Crippen LogP contribution in [0.5, 0.6) is 11.6 Å². The van der Waals surface area contributed by atoms with Crippen LogP contribution in [0.1, 0.15) is 23.2 Å². The number of aromatic nitrogens is 1. The predicted octanol–water partition coefficient (Wildman–Crippen LogP) is 4.75. The number of halogens is 1. The Morgan fingerprint density at radius 1 is 1.03 bits per heavy atom. The lowest BCUT2D eigenvalue weighted by Gasteiger charge is -2.37. The third-order valence-corrected chi connectivity index (χ3v) is 5.47. The second-order valence-corrected chi connectivity index (χ2v) is 7.41. The van der Waals surface area contributed by atoms with E-state index in [0.717, 1.165) is 31.6 Å². The molecule has 0 N–H and O–H groups in total. The van der Waals surface area contributed by atoms with Crippen LogP contribution in [-0.2, 0) is 0 Å². The Balaban J connectivity index is 1.34. The van der Waals surface area contributed by atoms with Gasteiger partial charge in [-0.05, 0) is 55.3 Å². The zero-order chi connectivity index (χ0) is 20.9. The van der Waals surface area contributed by atoms with E-state index in [2.05, 4.69) is 9.88 Å². The van der Waals surface area contributed by atoms with Crippen molar-refractivity contribution in [3.63, 3.8) is 0 Å². The fourth-order valence-electron chi connectivity index (χ4n) is 3.71. The summed E-state index contributed by atoms with van der Waals surface area (Å²) in [6.45, 7) is 1.66. The van der Waals surface area contributed by atoms with Crippen molar-refractivity contribution in [3.8, 4) is 11.6 Å². The zero-order valence-electron chi connectivity index (χ0n) is 16.9. The van der Waals surface area contributed by atoms with Gasteiger partial charge in [0.1, 0.15) is 11.6 Å². The van der Waals surface area contributed by atoms with Gasteiger partial charge in [-0.15, -0.1) is 0 Å². The third kappa shape index (κ3) is 4.59. The molecular formula is C24H24FN3O2. The predicted molar refractivity (Wildman–Crippen MR) is 114 cm³/mol. The van der Waals surface area contributed by atoms with Crippen molar-refractivity contribution >= 4 is 11.6 Å². The molecule has 0 bridgehead atoms. The second kappa shape index (κ2) is 8.95. The van der Waals surface area contributed by atoms with Crippen LogP contribution in [0.4, 0.5) is 10.1 Å². The molecular weight excluding hydrogens is 381 g/mol. The van der Waals surface area contributed by atoms with E-state index < -0.39 is 0 Å². The molecule has 154 valence electrons. The van der Waals surface area contributed by atoms with Gasteiger partial charge in [0.05, 0.1) is 5.56 Å². The molecule has 2 heterocycles. The summed E-state index contributed by atoms with van der Waals surface area (Å²) in [6, 6.07) is 19.6. The molecule has 0 unspecified atom stereocenters. The molecule has 1 amide bonds. The van der Waals surface area contributed by atoms with Gasteiger partial charge in [-0.25, -0.2) is 9.37 Å². The Kier molecular flexibility index (Phi) is 5.93. The van der Waals surface area contributed by atoms with E-state index in [1.807, 2.05) is 37.4 Å². The normalized spacial score (nSPS) is 14.4. The molecule has 6 heteroatoms. The van der Waals surface area contributed by atoms with E-state index in [-0.39, 0.29) is 17.8 Å². The Bertz CT molecular complexity index is 970. The summed E-state index contributed by atoms with van der Waals surface area (Å²) in [5.74, 6) is 0.879. The van der Waals surface area contributed by atoms with Gasteiger partial charge in [0, 0.05) is 44.1 Å². The Hall–Kier alpha value is -3.41. The molecule has 1 saturated heterocycles. The number of benzene rings is 2. The van der Waals surface area contributed by atoms with E-state index in [1.54, 1.807) is 35.4 Å². The van der Waals surface area contributed by atoms with E-state index in [9.17, 15) is 9.18 Å². The highest BCUT2D eigenvalue weighted by Crippen LogP contribution is 2.24. The first-order chi connectivity index (χ1) is 14.6. The quantitative estimate of drug-likeness (QED) is 0.614. The summed E-state index contributed by atoms with van der Waals surface area (Å²) >= 11 is 0. The number of piperidine rings is 1. The van der Waals surface area contributed by atoms with Crippen LogP contribution in [-0.4, -0.2) is 42.0 Å². The average molecular weight is 405 g/mol. The maximum absolute atomic E-state index is 13.1. The summed E-state index contributed by atoms with van der Waals surface area (Å²) in [7, 11) is 1.84. The molecule has 1 fully saturated rings. The lowest BCUT2D eigenvalue weighted by molar-refractivity contribution is 0.0708. The van der Waals surface area contributed by atoms with Crippen LogP contribution in [0.2, 0.25) is 0 Å². The maximum Gasteiger partial charge on any atom is 0.255 e. The number of hydrogen-bond donors (Lipinski definition) is 0. The SMILES string of the molecule is CN(C(=O)c1ccc(Oc2ccccc2)nc1)C1CCN(c2ccc(F)cc2)CC1. The summed E-state index contributed by atoms with van der Waals surface area (Å²) < 4.78 is 18.8. The number of pyridine rings is 1. The van der Waals surface area contributed by atoms with Gasteiger partial charge in [0.25, 0.3) is 5.91 Å². The van der Waals surface area contributed by atoms with Gasteiger partial charge in [0.15, 0.2) is 0 Å². The van der Waals surface area contributed by atoms with E-state index in [4.69, 9.17) is 4.74 Å². The minimum atomic E-state index is -0.229. The molecule has 5 nitrogen and oxygen atoms in total. The van der Waals surface area contributed by atoms with Crippen molar-refractivity contribution in [1.82, 2.24) is 9.88 Å². The number of amides is 1. The monoisotopic (exact) mass is 405 g/mol. The third-order valence-electron chi connectivity index (χ3n) is 5.47. The fraction of sp³-hybridized carbons (Fsp3) is 0.250. The first kappa shape index (κ1) is 19.9. The van der Waals surface area contributed by atoms with Gasteiger partial charge >= 0.3 is 0 Å². The smallest absolute Gasteiger partial charge is 0.255 e. The Morgan fingerprint density at radius 3 is 2.37 bits per heavy atom. The van der Waals surface area contributed by atoms with Crippen molar-refractivity contribution in [1.29, 1.82) is 0 Å². The maximum atomic E-state index is 13.1. The molecule has 30 heavy (non-hydrogen) atoms. The molecule has 4 rings (SSSR count). The zero-order valence-corrected chi connectivity index (χ0v) is 16.9. The largest absolute Gasteiger partial charge is 0.439 e. The highest BCUT2D eigenvalue weighted by Gasteiger charge is 2.26. The van der Waals surface area contributed by atoms with Gasteiger partial charge in [-0.2, -0.15) is 0 Å². The van der Waals surface area contributed by atoms with Crippen LogP contribution >= 0.6 is 0 Å². The van der Waals surface area contributed by atoms with Crippen molar-refractivity contribution in [2.45, 2.75) is 18.9 Å². The van der Waals surface area contributed by atoms with E-state index in [1.165, 1.54) is 12.1 Å². The Labute approximate surface area is 175 Å². The molecule has 0 saturated carbocycles. The van der Waals surface area contributed by atoms with Crippen molar-refractivity contribution in [2.24, 2.45) is 0 Å². The van der Waals surface area contributed by atoms with Gasteiger partial charge in [-0.3, -0.25) is 4.79 Å². The number of nitrogens with zero attached hydrogens (tertiary/aromatic N) is 3. The molecule has 2 aromatic carbocycles. The number of anilines is 1. The first-order valence-corrected chi connectivity index (χ1v) is 10.1. The summed E-state index contributed by atoms with van der Waals surface area (Å²) in [6.07, 6.45) is 3.29. The summed E-state index contributed by atoms with van der Waals surface area (Å²) in [5.41, 5.74) is 1.56. The van der Waals surface area contributed by atoms with Crippen LogP contribution in [0, 0.1) is 5.82 Å². The number of carbonyl (C=O) groups excluding carboxylic acids is 1. The highest BCUT2D eigenvalue weighted by atomic mass is 19.1. The Morgan fingerprint density at radius 2 is 1.73 bits per heavy atom. The number of hydrogen-bond acceptors (Lipinski definition) is 4. The van der Waals surface area contributed by atoms with Gasteiger partial charge in [-0.1, -0.05) is 18.2 Å². The number of para-hydroxylation sites is 1. The van der Waals surface area contributed by atoms with Gasteiger partial charge in [0.2, 0.25) is 5.88 Å². The van der Waals surface area contributed by atoms with Crippen molar-refractivity contribution in [2.75, 3.05) is 25.0 Å². The first-order valence-electron chi connectivity index (χ1n) is 10.1. The lowest BCUT2D eigenvalue weighted by Crippen LogP contribution is -2.45. The van der Waals surface area contributed by atoms with Crippen LogP contribution in [0.15, 0.2) is 72.9 Å². The molecule has 0 aliphatic carbocycles. The number of carbonyl (C=O) groups is 1. The topological polar surface area (TPSA) is 45.7 Å². The molecule has 0 radical (unpaired) electrons. The molecule has 1 aliphatic rings. The second-order valence-electron chi connectivity index (χ2n) is 7.41. The average Bonchev–Trinajstić information content (AvgIpc) is 2.80. The molecule has 0 atom stereocenters. The minimum absolute atomic E-state index is 0.0472. The van der Waals surface area contributed by atoms with Crippen LogP contribution in [0.25, 0.3) is 0 Å². The molecule has 3 aromatic rings. The molecule has 0 spiro atoms. The van der Waals surface area contributed by atoms with Crippen LogP contribution in [0.3, 0.4) is 0 Å². The highest BCUT2D eigenvalue weighted by molar-refractivity contribution is 5.94. The van der Waals surface area contributed by atoms with Gasteiger partial charge < -0.3 is 14.5 Å². The molecule has 1 aliphatic heterocycles. The summed E-state index contributed by atoms with van der Waals surface area (Å²) in [4.78, 5) is 21.2. The molecule has 1 aromatic heterocycles. The number of ether oxygens (including phenoxy) is 1. The van der Waals surface area contributed by atoms with Crippen LogP contribution < -0.4 is 9.64 Å². The van der Waals surface area contributed by atoms with E-state index >= 15 is 0 Å².